The average molecular weight is 253 g/mol. The Balaban J connectivity index is 2.67. The van der Waals surface area contributed by atoms with E-state index < -0.39 is 5.82 Å². The normalized spacial score (nSPS) is 13.6. The summed E-state index contributed by atoms with van der Waals surface area (Å²) < 4.78 is 23.3. The molecule has 2 nitrogen and oxygen atoms in total. The Morgan fingerprint density at radius 3 is 3.00 bits per heavy atom. The van der Waals surface area contributed by atoms with Gasteiger partial charge in [0.2, 0.25) is 6.79 Å². The van der Waals surface area contributed by atoms with Crippen LogP contribution in [0.2, 0.25) is 5.02 Å². The molecule has 12 heavy (non-hydrogen) atoms. The standard InChI is InChI=1S/C7H3BrClFO2/c8-3-1-4-7(12-2-11-4)5(9)6(3)10/h1H,2H2. The van der Waals surface area contributed by atoms with Gasteiger partial charge >= 0.3 is 0 Å². The molecule has 0 N–H and O–H groups in total. The van der Waals surface area contributed by atoms with Crippen molar-refractivity contribution in [2.75, 3.05) is 6.79 Å². The van der Waals surface area contributed by atoms with Crippen molar-refractivity contribution in [1.82, 2.24) is 0 Å². The zero-order valence-electron chi connectivity index (χ0n) is 5.73. The summed E-state index contributed by atoms with van der Waals surface area (Å²) in [4.78, 5) is 0. The molecular weight excluding hydrogens is 250 g/mol. The predicted octanol–water partition coefficient (Wildman–Crippen LogP) is 2.97. The maximum Gasteiger partial charge on any atom is 0.231 e. The number of ether oxygens (including phenoxy) is 2. The largest absolute Gasteiger partial charge is 0.453 e. The number of hydrogen-bond donors (Lipinski definition) is 0. The first-order chi connectivity index (χ1) is 5.70. The van der Waals surface area contributed by atoms with Gasteiger partial charge in [0.1, 0.15) is 5.02 Å². The fourth-order valence-corrected chi connectivity index (χ4v) is 1.72. The van der Waals surface area contributed by atoms with E-state index in [2.05, 4.69) is 15.9 Å². The van der Waals surface area contributed by atoms with Crippen LogP contribution < -0.4 is 9.47 Å². The van der Waals surface area contributed by atoms with E-state index >= 15 is 0 Å². The van der Waals surface area contributed by atoms with Crippen molar-refractivity contribution in [3.05, 3.63) is 21.4 Å². The van der Waals surface area contributed by atoms with Gasteiger partial charge in [0, 0.05) is 6.07 Å². The monoisotopic (exact) mass is 252 g/mol. The van der Waals surface area contributed by atoms with Gasteiger partial charge in [-0.25, -0.2) is 4.39 Å². The first-order valence-corrected chi connectivity index (χ1v) is 4.30. The molecule has 0 fully saturated rings. The van der Waals surface area contributed by atoms with Gasteiger partial charge in [0.25, 0.3) is 0 Å². The maximum atomic E-state index is 13.1. The van der Waals surface area contributed by atoms with Crippen LogP contribution in [0.5, 0.6) is 11.5 Å². The molecule has 1 heterocycles. The second kappa shape index (κ2) is 2.78. The van der Waals surface area contributed by atoms with Crippen LogP contribution in [0.3, 0.4) is 0 Å². The van der Waals surface area contributed by atoms with E-state index in [4.69, 9.17) is 21.1 Å². The number of halogens is 3. The third-order valence-corrected chi connectivity index (χ3v) is 2.42. The quantitative estimate of drug-likeness (QED) is 0.662. The predicted molar refractivity (Wildman–Crippen MR) is 45.2 cm³/mol. The fourth-order valence-electron chi connectivity index (χ4n) is 0.950. The van der Waals surface area contributed by atoms with Crippen LogP contribution in [0.25, 0.3) is 0 Å². The highest BCUT2D eigenvalue weighted by atomic mass is 79.9. The van der Waals surface area contributed by atoms with Crippen LogP contribution in [0.15, 0.2) is 10.5 Å². The SMILES string of the molecule is Fc1c(Br)cc2c(c1Cl)OCO2. The molecule has 1 aromatic carbocycles. The van der Waals surface area contributed by atoms with E-state index in [9.17, 15) is 4.39 Å². The molecule has 5 heteroatoms. The van der Waals surface area contributed by atoms with Crippen LogP contribution in [0, 0.1) is 5.82 Å². The number of rotatable bonds is 0. The Labute approximate surface area is 81.4 Å². The lowest BCUT2D eigenvalue weighted by molar-refractivity contribution is 0.174. The summed E-state index contributed by atoms with van der Waals surface area (Å²) >= 11 is 8.64. The van der Waals surface area contributed by atoms with Gasteiger partial charge < -0.3 is 9.47 Å². The van der Waals surface area contributed by atoms with E-state index in [-0.39, 0.29) is 22.0 Å². The minimum absolute atomic E-state index is 0.0446. The third kappa shape index (κ3) is 1.06. The summed E-state index contributed by atoms with van der Waals surface area (Å²) in [5.41, 5.74) is 0. The lowest BCUT2D eigenvalue weighted by Crippen LogP contribution is -1.93. The van der Waals surface area contributed by atoms with Gasteiger partial charge in [-0.2, -0.15) is 0 Å². The van der Waals surface area contributed by atoms with Gasteiger partial charge in [-0.05, 0) is 15.9 Å². The van der Waals surface area contributed by atoms with Crippen LogP contribution in [0.4, 0.5) is 4.39 Å². The third-order valence-electron chi connectivity index (χ3n) is 1.50. The molecule has 0 amide bonds. The Morgan fingerprint density at radius 1 is 1.50 bits per heavy atom. The summed E-state index contributed by atoms with van der Waals surface area (Å²) in [6.07, 6.45) is 0. The van der Waals surface area contributed by atoms with Gasteiger partial charge in [0.15, 0.2) is 17.3 Å². The first kappa shape index (κ1) is 8.13. The zero-order chi connectivity index (χ0) is 8.72. The highest BCUT2D eigenvalue weighted by molar-refractivity contribution is 9.10. The van der Waals surface area contributed by atoms with E-state index in [1.54, 1.807) is 0 Å². The molecule has 0 saturated heterocycles. The Hall–Kier alpha value is -0.480. The smallest absolute Gasteiger partial charge is 0.231 e. The van der Waals surface area contributed by atoms with Crippen LogP contribution >= 0.6 is 27.5 Å². The topological polar surface area (TPSA) is 18.5 Å². The molecule has 0 saturated carbocycles. The minimum atomic E-state index is -0.527. The van der Waals surface area contributed by atoms with Crippen molar-refractivity contribution in [2.24, 2.45) is 0 Å². The van der Waals surface area contributed by atoms with E-state index in [1.807, 2.05) is 0 Å². The molecule has 0 atom stereocenters. The molecule has 0 unspecified atom stereocenters. The summed E-state index contributed by atoms with van der Waals surface area (Å²) in [7, 11) is 0. The van der Waals surface area contributed by atoms with Crippen molar-refractivity contribution in [3.63, 3.8) is 0 Å². The van der Waals surface area contributed by atoms with Crippen molar-refractivity contribution in [1.29, 1.82) is 0 Å². The molecule has 0 aromatic heterocycles. The van der Waals surface area contributed by atoms with Crippen molar-refractivity contribution >= 4 is 27.5 Å². The second-order valence-corrected chi connectivity index (χ2v) is 3.45. The van der Waals surface area contributed by atoms with Gasteiger partial charge in [0.05, 0.1) is 4.47 Å². The Kier molecular flexibility index (Phi) is 1.88. The molecule has 0 radical (unpaired) electrons. The minimum Gasteiger partial charge on any atom is -0.453 e. The Morgan fingerprint density at radius 2 is 2.25 bits per heavy atom. The summed E-state index contributed by atoms with van der Waals surface area (Å²) in [5.74, 6) is 0.214. The van der Waals surface area contributed by atoms with Gasteiger partial charge in [-0.15, -0.1) is 0 Å². The zero-order valence-corrected chi connectivity index (χ0v) is 8.08. The first-order valence-electron chi connectivity index (χ1n) is 3.13. The fraction of sp³-hybridized carbons (Fsp3) is 0.143. The second-order valence-electron chi connectivity index (χ2n) is 2.22. The molecule has 1 aromatic rings. The van der Waals surface area contributed by atoms with E-state index in [1.165, 1.54) is 6.07 Å². The van der Waals surface area contributed by atoms with Crippen LogP contribution in [-0.2, 0) is 0 Å². The summed E-state index contributed by atoms with van der Waals surface area (Å²) in [6, 6.07) is 1.49. The average Bonchev–Trinajstić information content (AvgIpc) is 2.48. The van der Waals surface area contributed by atoms with E-state index in [0.717, 1.165) is 0 Å². The lowest BCUT2D eigenvalue weighted by Gasteiger charge is -2.01. The maximum absolute atomic E-state index is 13.1. The van der Waals surface area contributed by atoms with Crippen molar-refractivity contribution < 1.29 is 13.9 Å². The molecule has 1 aliphatic heterocycles. The van der Waals surface area contributed by atoms with Crippen molar-refractivity contribution in [2.45, 2.75) is 0 Å². The number of fused-ring (bicyclic) bond motifs is 1. The highest BCUT2D eigenvalue weighted by Crippen LogP contribution is 2.43. The van der Waals surface area contributed by atoms with Gasteiger partial charge in [-0.3, -0.25) is 0 Å². The molecule has 1 aliphatic rings. The number of hydrogen-bond acceptors (Lipinski definition) is 2. The van der Waals surface area contributed by atoms with Crippen LogP contribution in [0.1, 0.15) is 0 Å². The van der Waals surface area contributed by atoms with Crippen molar-refractivity contribution in [3.8, 4) is 11.5 Å². The lowest BCUT2D eigenvalue weighted by atomic mass is 10.3. The Bertz CT molecular complexity index is 343. The molecule has 64 valence electrons. The van der Waals surface area contributed by atoms with Gasteiger partial charge in [-0.1, -0.05) is 11.6 Å². The molecule has 0 bridgehead atoms. The molecule has 0 aliphatic carbocycles. The summed E-state index contributed by atoms with van der Waals surface area (Å²) in [5, 5.41) is -0.0446. The van der Waals surface area contributed by atoms with E-state index in [0.29, 0.717) is 5.75 Å². The molecule has 2 rings (SSSR count). The molecular formula is C7H3BrClFO2. The summed E-state index contributed by atoms with van der Waals surface area (Å²) in [6.45, 7) is 0.0882. The van der Waals surface area contributed by atoms with Crippen LogP contribution in [-0.4, -0.2) is 6.79 Å². The number of benzene rings is 1. The highest BCUT2D eigenvalue weighted by Gasteiger charge is 2.22. The molecule has 0 spiro atoms.